The van der Waals surface area contributed by atoms with Gasteiger partial charge in [-0.25, -0.2) is 9.37 Å². The number of nitrogens with zero attached hydrogens (tertiary/aromatic N) is 1. The summed E-state index contributed by atoms with van der Waals surface area (Å²) in [6.07, 6.45) is 0. The van der Waals surface area contributed by atoms with Crippen molar-refractivity contribution in [2.24, 2.45) is 0 Å². The molecule has 0 saturated heterocycles. The van der Waals surface area contributed by atoms with E-state index in [1.807, 2.05) is 22.9 Å². The highest BCUT2D eigenvalue weighted by Crippen LogP contribution is 2.32. The van der Waals surface area contributed by atoms with Gasteiger partial charge in [-0.2, -0.15) is 0 Å². The topological polar surface area (TPSA) is 45.8 Å². The molecule has 0 radical (unpaired) electrons. The second kappa shape index (κ2) is 5.15. The Bertz CT molecular complexity index is 1000. The van der Waals surface area contributed by atoms with Crippen LogP contribution in [0.15, 0.2) is 52.0 Å². The molecule has 6 heteroatoms. The molecule has 0 bridgehead atoms. The SMILES string of the molecule is O=c1[nH]c(-c2cccs2)nc2scc(-c3ccc(F)cc3)c12. The second-order valence-electron chi connectivity index (χ2n) is 4.73. The van der Waals surface area contributed by atoms with Crippen LogP contribution in [0.25, 0.3) is 32.0 Å². The monoisotopic (exact) mass is 328 g/mol. The lowest BCUT2D eigenvalue weighted by atomic mass is 10.1. The van der Waals surface area contributed by atoms with Crippen molar-refractivity contribution in [1.29, 1.82) is 0 Å². The van der Waals surface area contributed by atoms with Crippen molar-refractivity contribution in [3.63, 3.8) is 0 Å². The summed E-state index contributed by atoms with van der Waals surface area (Å²) in [6.45, 7) is 0. The fourth-order valence-electron chi connectivity index (χ4n) is 2.32. The Morgan fingerprint density at radius 3 is 2.64 bits per heavy atom. The van der Waals surface area contributed by atoms with Crippen LogP contribution in [0.5, 0.6) is 0 Å². The summed E-state index contributed by atoms with van der Waals surface area (Å²) in [5.74, 6) is 0.287. The van der Waals surface area contributed by atoms with Gasteiger partial charge >= 0.3 is 0 Å². The number of aromatic amines is 1. The Morgan fingerprint density at radius 2 is 1.91 bits per heavy atom. The molecule has 0 fully saturated rings. The highest BCUT2D eigenvalue weighted by molar-refractivity contribution is 7.17. The Kier molecular flexibility index (Phi) is 3.13. The van der Waals surface area contributed by atoms with Gasteiger partial charge in [0.2, 0.25) is 0 Å². The maximum Gasteiger partial charge on any atom is 0.260 e. The van der Waals surface area contributed by atoms with Crippen LogP contribution in [-0.2, 0) is 0 Å². The third-order valence-electron chi connectivity index (χ3n) is 3.35. The molecule has 0 unspecified atom stereocenters. The van der Waals surface area contributed by atoms with Gasteiger partial charge in [-0.1, -0.05) is 18.2 Å². The summed E-state index contributed by atoms with van der Waals surface area (Å²) < 4.78 is 13.1. The van der Waals surface area contributed by atoms with Crippen molar-refractivity contribution in [3.05, 3.63) is 63.3 Å². The summed E-state index contributed by atoms with van der Waals surface area (Å²) in [6, 6.07) is 9.96. The molecule has 0 aliphatic heterocycles. The Hall–Kier alpha value is -2.31. The molecule has 0 aliphatic rings. The molecule has 1 aromatic carbocycles. The first-order valence-electron chi connectivity index (χ1n) is 6.54. The van der Waals surface area contributed by atoms with Crippen LogP contribution in [0.4, 0.5) is 4.39 Å². The van der Waals surface area contributed by atoms with Crippen molar-refractivity contribution in [3.8, 4) is 21.8 Å². The largest absolute Gasteiger partial charge is 0.305 e. The average molecular weight is 328 g/mol. The van der Waals surface area contributed by atoms with E-state index in [2.05, 4.69) is 9.97 Å². The lowest BCUT2D eigenvalue weighted by Crippen LogP contribution is -2.08. The molecular weight excluding hydrogens is 319 g/mol. The van der Waals surface area contributed by atoms with Gasteiger partial charge in [-0.05, 0) is 29.1 Å². The molecule has 0 spiro atoms. The predicted molar refractivity (Wildman–Crippen MR) is 88.9 cm³/mol. The quantitative estimate of drug-likeness (QED) is 0.588. The molecule has 0 saturated carbocycles. The molecule has 4 aromatic rings. The standard InChI is InChI=1S/C16H9FN2OS2/c17-10-5-3-9(4-6-10)11-8-22-16-13(11)15(20)18-14(19-16)12-2-1-7-21-12/h1-8H,(H,18,19,20). The fourth-order valence-corrected chi connectivity index (χ4v) is 3.94. The van der Waals surface area contributed by atoms with Crippen LogP contribution < -0.4 is 5.56 Å². The summed E-state index contributed by atoms with van der Waals surface area (Å²) in [7, 11) is 0. The van der Waals surface area contributed by atoms with Gasteiger partial charge in [0.25, 0.3) is 5.56 Å². The minimum absolute atomic E-state index is 0.172. The molecule has 108 valence electrons. The van der Waals surface area contributed by atoms with Gasteiger partial charge in [0.15, 0.2) is 5.82 Å². The van der Waals surface area contributed by atoms with E-state index in [1.54, 1.807) is 12.1 Å². The lowest BCUT2D eigenvalue weighted by Gasteiger charge is -2.01. The molecule has 0 aliphatic carbocycles. The first kappa shape index (κ1) is 13.4. The highest BCUT2D eigenvalue weighted by Gasteiger charge is 2.14. The normalized spacial score (nSPS) is 11.1. The predicted octanol–water partition coefficient (Wildman–Crippen LogP) is 4.52. The zero-order valence-corrected chi connectivity index (χ0v) is 12.8. The van der Waals surface area contributed by atoms with Crippen LogP contribution in [0, 0.1) is 5.82 Å². The van der Waals surface area contributed by atoms with Gasteiger partial charge in [0, 0.05) is 10.9 Å². The van der Waals surface area contributed by atoms with Gasteiger partial charge in [-0.15, -0.1) is 22.7 Å². The van der Waals surface area contributed by atoms with E-state index in [9.17, 15) is 9.18 Å². The van der Waals surface area contributed by atoms with E-state index in [4.69, 9.17) is 0 Å². The molecule has 0 atom stereocenters. The highest BCUT2D eigenvalue weighted by atomic mass is 32.1. The lowest BCUT2D eigenvalue weighted by molar-refractivity contribution is 0.628. The summed E-state index contributed by atoms with van der Waals surface area (Å²) in [5.41, 5.74) is 1.42. The maximum absolute atomic E-state index is 13.1. The second-order valence-corrected chi connectivity index (χ2v) is 6.53. The van der Waals surface area contributed by atoms with Crippen molar-refractivity contribution < 1.29 is 4.39 Å². The summed E-state index contributed by atoms with van der Waals surface area (Å²) in [4.78, 5) is 21.4. The first-order valence-corrected chi connectivity index (χ1v) is 8.29. The Labute approximate surface area is 132 Å². The van der Waals surface area contributed by atoms with Gasteiger partial charge in [-0.3, -0.25) is 4.79 Å². The number of hydrogen-bond donors (Lipinski definition) is 1. The number of hydrogen-bond acceptors (Lipinski definition) is 4. The number of benzene rings is 1. The van der Waals surface area contributed by atoms with Crippen LogP contribution in [0.1, 0.15) is 0 Å². The molecule has 22 heavy (non-hydrogen) atoms. The van der Waals surface area contributed by atoms with Crippen molar-refractivity contribution in [1.82, 2.24) is 9.97 Å². The summed E-state index contributed by atoms with van der Waals surface area (Å²) >= 11 is 2.95. The van der Waals surface area contributed by atoms with Crippen molar-refractivity contribution in [2.75, 3.05) is 0 Å². The van der Waals surface area contributed by atoms with Crippen LogP contribution in [-0.4, -0.2) is 9.97 Å². The van der Waals surface area contributed by atoms with E-state index >= 15 is 0 Å². The number of nitrogens with one attached hydrogen (secondary N) is 1. The molecule has 1 N–H and O–H groups in total. The van der Waals surface area contributed by atoms with E-state index in [-0.39, 0.29) is 11.4 Å². The van der Waals surface area contributed by atoms with E-state index in [0.717, 1.165) is 16.0 Å². The third kappa shape index (κ3) is 2.17. The number of fused-ring (bicyclic) bond motifs is 1. The molecule has 4 rings (SSSR count). The maximum atomic E-state index is 13.1. The van der Waals surface area contributed by atoms with Gasteiger partial charge in [0.1, 0.15) is 10.6 Å². The molecule has 3 heterocycles. The Morgan fingerprint density at radius 1 is 1.09 bits per heavy atom. The molecule has 0 amide bonds. The minimum Gasteiger partial charge on any atom is -0.305 e. The molecular formula is C16H9FN2OS2. The minimum atomic E-state index is -0.296. The fraction of sp³-hybridized carbons (Fsp3) is 0. The Balaban J connectivity index is 1.93. The van der Waals surface area contributed by atoms with Gasteiger partial charge < -0.3 is 4.98 Å². The molecule has 3 nitrogen and oxygen atoms in total. The number of H-pyrrole nitrogens is 1. The number of rotatable bonds is 2. The zero-order valence-electron chi connectivity index (χ0n) is 11.2. The smallest absolute Gasteiger partial charge is 0.260 e. The molecule has 3 aromatic heterocycles. The van der Waals surface area contributed by atoms with E-state index < -0.39 is 0 Å². The van der Waals surface area contributed by atoms with Gasteiger partial charge in [0.05, 0.1) is 10.3 Å². The third-order valence-corrected chi connectivity index (χ3v) is 5.10. The average Bonchev–Trinajstić information content (AvgIpc) is 3.17. The van der Waals surface area contributed by atoms with Crippen LogP contribution in [0.2, 0.25) is 0 Å². The number of thiophene rings is 2. The summed E-state index contributed by atoms with van der Waals surface area (Å²) in [5, 5.41) is 4.38. The van der Waals surface area contributed by atoms with E-state index in [0.29, 0.717) is 16.0 Å². The first-order chi connectivity index (χ1) is 10.7. The number of halogens is 1. The van der Waals surface area contributed by atoms with E-state index in [1.165, 1.54) is 34.8 Å². The van der Waals surface area contributed by atoms with Crippen molar-refractivity contribution in [2.45, 2.75) is 0 Å². The number of aromatic nitrogens is 2. The van der Waals surface area contributed by atoms with Crippen LogP contribution >= 0.6 is 22.7 Å². The van der Waals surface area contributed by atoms with Crippen LogP contribution in [0.3, 0.4) is 0 Å². The van der Waals surface area contributed by atoms with Crippen molar-refractivity contribution >= 4 is 32.9 Å². The zero-order chi connectivity index (χ0) is 15.1.